The zero-order chi connectivity index (χ0) is 12.4. The highest BCUT2D eigenvalue weighted by atomic mass is 19.4. The molecule has 0 heterocycles. The molecule has 0 aliphatic rings. The normalized spacial score (nSPS) is 11.5. The van der Waals surface area contributed by atoms with Crippen molar-refractivity contribution in [3.63, 3.8) is 0 Å². The molecule has 0 atom stereocenters. The van der Waals surface area contributed by atoms with Crippen LogP contribution < -0.4 is 10.6 Å². The number of alkyl halides is 3. The van der Waals surface area contributed by atoms with Crippen LogP contribution in [0.3, 0.4) is 0 Å². The summed E-state index contributed by atoms with van der Waals surface area (Å²) in [6, 6.07) is 0. The van der Waals surface area contributed by atoms with Gasteiger partial charge in [0.2, 0.25) is 5.91 Å². The van der Waals surface area contributed by atoms with Gasteiger partial charge < -0.3 is 15.4 Å². The molecule has 0 unspecified atom stereocenters. The largest absolute Gasteiger partial charge is 0.411 e. The number of hydrogen-bond donors (Lipinski definition) is 2. The number of halogens is 3. The van der Waals surface area contributed by atoms with Crippen molar-refractivity contribution in [2.24, 2.45) is 0 Å². The number of nitrogens with one attached hydrogen (secondary N) is 2. The first-order valence-electron chi connectivity index (χ1n) is 5.07. The molecule has 0 aromatic heterocycles. The summed E-state index contributed by atoms with van der Waals surface area (Å²) in [6.07, 6.45) is -3.40. The van der Waals surface area contributed by atoms with Crippen LogP contribution in [0.1, 0.15) is 13.3 Å². The van der Waals surface area contributed by atoms with Crippen LogP contribution in [0.15, 0.2) is 0 Å². The van der Waals surface area contributed by atoms with E-state index in [9.17, 15) is 18.0 Å². The molecule has 0 bridgehead atoms. The van der Waals surface area contributed by atoms with E-state index in [1.54, 1.807) is 0 Å². The molecule has 0 radical (unpaired) electrons. The van der Waals surface area contributed by atoms with E-state index in [4.69, 9.17) is 0 Å². The molecular weight excluding hydrogens is 225 g/mol. The summed E-state index contributed by atoms with van der Waals surface area (Å²) in [5, 5.41) is 5.47. The zero-order valence-electron chi connectivity index (χ0n) is 9.19. The molecule has 0 aromatic carbocycles. The third kappa shape index (κ3) is 11.3. The first kappa shape index (κ1) is 15.2. The number of hydrogen-bond acceptors (Lipinski definition) is 3. The molecule has 16 heavy (non-hydrogen) atoms. The van der Waals surface area contributed by atoms with Gasteiger partial charge in [-0.25, -0.2) is 0 Å². The van der Waals surface area contributed by atoms with Crippen molar-refractivity contribution in [3.8, 4) is 0 Å². The average Bonchev–Trinajstić information content (AvgIpc) is 2.15. The van der Waals surface area contributed by atoms with Crippen molar-refractivity contribution >= 4 is 5.91 Å². The number of carbonyl (C=O) groups excluding carboxylic acids is 1. The Labute approximate surface area is 92.5 Å². The van der Waals surface area contributed by atoms with Gasteiger partial charge in [-0.1, -0.05) is 6.92 Å². The number of carbonyl (C=O) groups is 1. The summed E-state index contributed by atoms with van der Waals surface area (Å²) >= 11 is 0. The van der Waals surface area contributed by atoms with Crippen LogP contribution in [0, 0.1) is 0 Å². The predicted octanol–water partition coefficient (Wildman–Crippen LogP) is 0.681. The highest BCUT2D eigenvalue weighted by Crippen LogP contribution is 2.13. The average molecular weight is 242 g/mol. The van der Waals surface area contributed by atoms with E-state index in [1.165, 1.54) is 0 Å². The fourth-order valence-electron chi connectivity index (χ4n) is 0.903. The molecule has 96 valence electrons. The number of ether oxygens (including phenoxy) is 1. The van der Waals surface area contributed by atoms with Crippen LogP contribution in [0.2, 0.25) is 0 Å². The van der Waals surface area contributed by atoms with Crippen LogP contribution in [0.25, 0.3) is 0 Å². The molecule has 0 aliphatic carbocycles. The first-order valence-corrected chi connectivity index (χ1v) is 5.07. The summed E-state index contributed by atoms with van der Waals surface area (Å²) in [5.74, 6) is -0.539. The lowest BCUT2D eigenvalue weighted by atomic mass is 10.4. The minimum atomic E-state index is -4.39. The lowest BCUT2D eigenvalue weighted by molar-refractivity contribution is -0.175. The van der Waals surface area contributed by atoms with E-state index >= 15 is 0 Å². The third-order valence-electron chi connectivity index (χ3n) is 1.55. The van der Waals surface area contributed by atoms with Gasteiger partial charge in [-0.3, -0.25) is 4.79 Å². The summed E-state index contributed by atoms with van der Waals surface area (Å²) in [5.41, 5.74) is 0. The van der Waals surface area contributed by atoms with Crippen LogP contribution in [-0.4, -0.2) is 44.9 Å². The second-order valence-corrected chi connectivity index (χ2v) is 3.21. The molecule has 0 aliphatic heterocycles. The summed E-state index contributed by atoms with van der Waals surface area (Å²) < 4.78 is 39.1. The molecule has 0 spiro atoms. The van der Waals surface area contributed by atoms with Crippen molar-refractivity contribution < 1.29 is 22.7 Å². The van der Waals surface area contributed by atoms with Gasteiger partial charge in [0, 0.05) is 13.1 Å². The van der Waals surface area contributed by atoms with Gasteiger partial charge in [-0.2, -0.15) is 13.2 Å². The minimum absolute atomic E-state index is 0.383. The predicted molar refractivity (Wildman–Crippen MR) is 53.0 cm³/mol. The quantitative estimate of drug-likeness (QED) is 0.615. The van der Waals surface area contributed by atoms with Crippen LogP contribution in [0.5, 0.6) is 0 Å². The SMILES string of the molecule is CCCNCCNC(=O)COCC(F)(F)F. The Morgan fingerprint density at radius 3 is 2.50 bits per heavy atom. The second-order valence-electron chi connectivity index (χ2n) is 3.21. The zero-order valence-corrected chi connectivity index (χ0v) is 9.19. The Balaban J connectivity index is 3.32. The van der Waals surface area contributed by atoms with Crippen molar-refractivity contribution in [2.45, 2.75) is 19.5 Å². The van der Waals surface area contributed by atoms with Gasteiger partial charge in [0.05, 0.1) is 0 Å². The summed E-state index contributed by atoms with van der Waals surface area (Å²) in [7, 11) is 0. The van der Waals surface area contributed by atoms with E-state index in [2.05, 4.69) is 15.4 Å². The molecule has 4 nitrogen and oxygen atoms in total. The Hall–Kier alpha value is -0.820. The Morgan fingerprint density at radius 1 is 1.25 bits per heavy atom. The number of rotatable bonds is 8. The second kappa shape index (κ2) is 8.35. The number of amides is 1. The third-order valence-corrected chi connectivity index (χ3v) is 1.55. The molecule has 0 rings (SSSR count). The fourth-order valence-corrected chi connectivity index (χ4v) is 0.903. The molecular formula is C9H17F3N2O2. The van der Waals surface area contributed by atoms with E-state index in [0.717, 1.165) is 13.0 Å². The molecule has 0 aromatic rings. The van der Waals surface area contributed by atoms with E-state index in [0.29, 0.717) is 13.1 Å². The smallest absolute Gasteiger partial charge is 0.362 e. The Bertz CT molecular complexity index is 198. The molecule has 7 heteroatoms. The Morgan fingerprint density at radius 2 is 1.94 bits per heavy atom. The van der Waals surface area contributed by atoms with Crippen molar-refractivity contribution in [1.82, 2.24) is 10.6 Å². The summed E-state index contributed by atoms with van der Waals surface area (Å²) in [6.45, 7) is 1.88. The maximum Gasteiger partial charge on any atom is 0.411 e. The maximum atomic E-state index is 11.6. The van der Waals surface area contributed by atoms with E-state index < -0.39 is 25.3 Å². The van der Waals surface area contributed by atoms with Crippen LogP contribution in [-0.2, 0) is 9.53 Å². The van der Waals surface area contributed by atoms with Crippen LogP contribution in [0.4, 0.5) is 13.2 Å². The Kier molecular flexibility index (Phi) is 7.92. The van der Waals surface area contributed by atoms with E-state index in [1.807, 2.05) is 6.92 Å². The lowest BCUT2D eigenvalue weighted by Gasteiger charge is -2.08. The molecule has 0 fully saturated rings. The van der Waals surface area contributed by atoms with Crippen molar-refractivity contribution in [2.75, 3.05) is 32.8 Å². The van der Waals surface area contributed by atoms with Crippen molar-refractivity contribution in [1.29, 1.82) is 0 Å². The topological polar surface area (TPSA) is 50.4 Å². The van der Waals surface area contributed by atoms with Gasteiger partial charge in [-0.15, -0.1) is 0 Å². The monoisotopic (exact) mass is 242 g/mol. The fraction of sp³-hybridized carbons (Fsp3) is 0.889. The van der Waals surface area contributed by atoms with Gasteiger partial charge in [0.25, 0.3) is 0 Å². The van der Waals surface area contributed by atoms with Crippen molar-refractivity contribution in [3.05, 3.63) is 0 Å². The van der Waals surface area contributed by atoms with Crippen LogP contribution >= 0.6 is 0 Å². The first-order chi connectivity index (χ1) is 7.45. The van der Waals surface area contributed by atoms with Gasteiger partial charge in [0.1, 0.15) is 13.2 Å². The lowest BCUT2D eigenvalue weighted by Crippen LogP contribution is -2.35. The maximum absolute atomic E-state index is 11.6. The molecule has 2 N–H and O–H groups in total. The molecule has 1 amide bonds. The van der Waals surface area contributed by atoms with E-state index in [-0.39, 0.29) is 0 Å². The standard InChI is InChI=1S/C9H17F3N2O2/c1-2-3-13-4-5-14-8(15)6-16-7-9(10,11)12/h13H,2-7H2,1H3,(H,14,15). The van der Waals surface area contributed by atoms with Gasteiger partial charge >= 0.3 is 6.18 Å². The minimum Gasteiger partial charge on any atom is -0.362 e. The molecule has 0 saturated carbocycles. The highest BCUT2D eigenvalue weighted by Gasteiger charge is 2.27. The molecule has 0 saturated heterocycles. The van der Waals surface area contributed by atoms with Gasteiger partial charge in [0.15, 0.2) is 0 Å². The highest BCUT2D eigenvalue weighted by molar-refractivity contribution is 5.77. The summed E-state index contributed by atoms with van der Waals surface area (Å²) in [4.78, 5) is 10.9. The van der Waals surface area contributed by atoms with Gasteiger partial charge in [-0.05, 0) is 13.0 Å².